The van der Waals surface area contributed by atoms with E-state index in [1.54, 1.807) is 0 Å². The molecule has 1 amide bonds. The van der Waals surface area contributed by atoms with Crippen molar-refractivity contribution in [2.45, 2.75) is 25.5 Å². The van der Waals surface area contributed by atoms with Gasteiger partial charge in [-0.05, 0) is 12.5 Å². The Labute approximate surface area is 99.6 Å². The van der Waals surface area contributed by atoms with Gasteiger partial charge in [-0.1, -0.05) is 30.3 Å². The minimum atomic E-state index is -0.872. The van der Waals surface area contributed by atoms with Gasteiger partial charge in [0.05, 0.1) is 0 Å². The molecule has 0 bridgehead atoms. The zero-order chi connectivity index (χ0) is 12.4. The number of aliphatic hydroxyl groups is 1. The normalized spacial score (nSPS) is 28.6. The summed E-state index contributed by atoms with van der Waals surface area (Å²) < 4.78 is 0. The van der Waals surface area contributed by atoms with E-state index in [0.29, 0.717) is 6.42 Å². The molecule has 1 aliphatic heterocycles. The van der Waals surface area contributed by atoms with Crippen molar-refractivity contribution in [1.29, 1.82) is 0 Å². The van der Waals surface area contributed by atoms with Crippen LogP contribution in [0.15, 0.2) is 30.3 Å². The van der Waals surface area contributed by atoms with Crippen molar-refractivity contribution < 1.29 is 14.7 Å². The third-order valence-corrected chi connectivity index (χ3v) is 3.14. The number of hydrogen-bond donors (Lipinski definition) is 2. The van der Waals surface area contributed by atoms with E-state index in [4.69, 9.17) is 0 Å². The lowest BCUT2D eigenvalue weighted by molar-refractivity contribution is -0.139. The third kappa shape index (κ3) is 2.36. The largest absolute Gasteiger partial charge is 0.374 e. The van der Waals surface area contributed by atoms with Gasteiger partial charge in [-0.25, -0.2) is 0 Å². The van der Waals surface area contributed by atoms with E-state index in [1.165, 1.54) is 6.92 Å². The van der Waals surface area contributed by atoms with Gasteiger partial charge in [-0.3, -0.25) is 9.59 Å². The molecule has 2 N–H and O–H groups in total. The number of benzene rings is 1. The maximum atomic E-state index is 11.7. The summed E-state index contributed by atoms with van der Waals surface area (Å²) >= 11 is 0. The van der Waals surface area contributed by atoms with Gasteiger partial charge in [-0.2, -0.15) is 0 Å². The molecule has 1 aromatic carbocycles. The second kappa shape index (κ2) is 4.67. The van der Waals surface area contributed by atoms with Crippen molar-refractivity contribution >= 4 is 11.7 Å². The first kappa shape index (κ1) is 11.8. The molecule has 3 unspecified atom stereocenters. The van der Waals surface area contributed by atoms with E-state index in [-0.39, 0.29) is 17.6 Å². The van der Waals surface area contributed by atoms with Gasteiger partial charge in [0.1, 0.15) is 17.9 Å². The Balaban J connectivity index is 2.34. The monoisotopic (exact) mass is 233 g/mol. The highest BCUT2D eigenvalue weighted by Crippen LogP contribution is 2.33. The van der Waals surface area contributed by atoms with Crippen LogP contribution in [-0.2, 0) is 9.59 Å². The van der Waals surface area contributed by atoms with Crippen LogP contribution in [0.1, 0.15) is 24.8 Å². The first-order valence-corrected chi connectivity index (χ1v) is 5.63. The highest BCUT2D eigenvalue weighted by Gasteiger charge is 2.39. The van der Waals surface area contributed by atoms with Gasteiger partial charge in [0.25, 0.3) is 0 Å². The quantitative estimate of drug-likeness (QED) is 0.743. The molecular formula is C13H15NO3. The number of hydrogen-bond acceptors (Lipinski definition) is 3. The Kier molecular flexibility index (Phi) is 3.24. The lowest BCUT2D eigenvalue weighted by Crippen LogP contribution is -2.49. The summed E-state index contributed by atoms with van der Waals surface area (Å²) in [5, 5.41) is 12.0. The minimum Gasteiger partial charge on any atom is -0.374 e. The molecule has 1 aliphatic rings. The highest BCUT2D eigenvalue weighted by molar-refractivity contribution is 6.01. The molecule has 3 atom stereocenters. The second-order valence-corrected chi connectivity index (χ2v) is 4.37. The Morgan fingerprint density at radius 2 is 2.00 bits per heavy atom. The number of rotatable bonds is 2. The van der Waals surface area contributed by atoms with Crippen LogP contribution in [0.4, 0.5) is 0 Å². The van der Waals surface area contributed by atoms with Crippen LogP contribution in [0.25, 0.3) is 0 Å². The maximum absolute atomic E-state index is 11.7. The van der Waals surface area contributed by atoms with Gasteiger partial charge < -0.3 is 10.4 Å². The standard InChI is InChI=1S/C13H15NO3/c1-8(15)12-10(7-11(16)14-13(12)17)9-5-3-2-4-6-9/h2-6,10-12,16H,7H2,1H3,(H,14,17). The van der Waals surface area contributed by atoms with Gasteiger partial charge in [-0.15, -0.1) is 0 Å². The number of carbonyl (C=O) groups is 2. The predicted octanol–water partition coefficient (Wildman–Crippen LogP) is 0.814. The number of piperidine rings is 1. The van der Waals surface area contributed by atoms with Crippen LogP contribution >= 0.6 is 0 Å². The van der Waals surface area contributed by atoms with E-state index in [1.807, 2.05) is 30.3 Å². The van der Waals surface area contributed by atoms with Crippen molar-refractivity contribution in [3.63, 3.8) is 0 Å². The van der Waals surface area contributed by atoms with Crippen molar-refractivity contribution in [2.24, 2.45) is 5.92 Å². The van der Waals surface area contributed by atoms with Crippen LogP contribution < -0.4 is 5.32 Å². The van der Waals surface area contributed by atoms with Crippen LogP contribution in [0.5, 0.6) is 0 Å². The van der Waals surface area contributed by atoms with Crippen molar-refractivity contribution in [3.8, 4) is 0 Å². The molecule has 4 nitrogen and oxygen atoms in total. The molecule has 1 fully saturated rings. The minimum absolute atomic E-state index is 0.164. The molecule has 0 radical (unpaired) electrons. The predicted molar refractivity (Wildman–Crippen MR) is 62.1 cm³/mol. The van der Waals surface area contributed by atoms with Crippen LogP contribution in [0.3, 0.4) is 0 Å². The summed E-state index contributed by atoms with van der Waals surface area (Å²) in [7, 11) is 0. The number of amides is 1. The van der Waals surface area contributed by atoms with E-state index in [2.05, 4.69) is 5.32 Å². The van der Waals surface area contributed by atoms with Gasteiger partial charge in [0.15, 0.2) is 0 Å². The van der Waals surface area contributed by atoms with Crippen molar-refractivity contribution in [1.82, 2.24) is 5.32 Å². The zero-order valence-electron chi connectivity index (χ0n) is 9.59. The van der Waals surface area contributed by atoms with Crippen LogP contribution in [0, 0.1) is 5.92 Å². The first-order chi connectivity index (χ1) is 8.09. The van der Waals surface area contributed by atoms with Gasteiger partial charge in [0.2, 0.25) is 5.91 Å². The van der Waals surface area contributed by atoms with Crippen LogP contribution in [-0.4, -0.2) is 23.0 Å². The molecule has 0 aromatic heterocycles. The summed E-state index contributed by atoms with van der Waals surface area (Å²) in [6.45, 7) is 1.41. The van der Waals surface area contributed by atoms with Crippen LogP contribution in [0.2, 0.25) is 0 Å². The summed E-state index contributed by atoms with van der Waals surface area (Å²) in [4.78, 5) is 23.3. The number of Topliss-reactive ketones (excluding diaryl/α,β-unsaturated/α-hetero) is 1. The molecule has 0 aliphatic carbocycles. The first-order valence-electron chi connectivity index (χ1n) is 5.63. The van der Waals surface area contributed by atoms with Crippen molar-refractivity contribution in [3.05, 3.63) is 35.9 Å². The van der Waals surface area contributed by atoms with Gasteiger partial charge >= 0.3 is 0 Å². The average Bonchev–Trinajstić information content (AvgIpc) is 2.28. The molecule has 2 rings (SSSR count). The molecule has 0 saturated carbocycles. The molecule has 1 aromatic rings. The molecule has 90 valence electrons. The summed E-state index contributed by atoms with van der Waals surface area (Å²) in [6.07, 6.45) is -0.497. The summed E-state index contributed by atoms with van der Waals surface area (Å²) in [5.74, 6) is -1.48. The second-order valence-electron chi connectivity index (χ2n) is 4.37. The molecule has 1 heterocycles. The smallest absolute Gasteiger partial charge is 0.233 e. The number of carbonyl (C=O) groups excluding carboxylic acids is 2. The fourth-order valence-electron chi connectivity index (χ4n) is 2.37. The summed E-state index contributed by atoms with van der Waals surface area (Å²) in [6, 6.07) is 9.38. The fraction of sp³-hybridized carbons (Fsp3) is 0.385. The maximum Gasteiger partial charge on any atom is 0.233 e. The number of aliphatic hydroxyl groups excluding tert-OH is 1. The van der Waals surface area contributed by atoms with E-state index in [0.717, 1.165) is 5.56 Å². The Bertz CT molecular complexity index is 430. The molecular weight excluding hydrogens is 218 g/mol. The molecule has 17 heavy (non-hydrogen) atoms. The van der Waals surface area contributed by atoms with Gasteiger partial charge in [0, 0.05) is 12.3 Å². The lowest BCUT2D eigenvalue weighted by Gasteiger charge is -2.32. The molecule has 4 heteroatoms. The summed E-state index contributed by atoms with van der Waals surface area (Å²) in [5.41, 5.74) is 0.918. The Hall–Kier alpha value is -1.68. The number of nitrogens with one attached hydrogen (secondary N) is 1. The lowest BCUT2D eigenvalue weighted by atomic mass is 9.78. The van der Waals surface area contributed by atoms with E-state index < -0.39 is 12.1 Å². The fourth-order valence-corrected chi connectivity index (χ4v) is 2.37. The highest BCUT2D eigenvalue weighted by atomic mass is 16.3. The SMILES string of the molecule is CC(=O)C1C(=O)NC(O)CC1c1ccccc1. The zero-order valence-corrected chi connectivity index (χ0v) is 9.59. The Morgan fingerprint density at radius 1 is 1.35 bits per heavy atom. The molecule has 1 saturated heterocycles. The van der Waals surface area contributed by atoms with Crippen molar-refractivity contribution in [2.75, 3.05) is 0 Å². The average molecular weight is 233 g/mol. The number of ketones is 1. The molecule has 0 spiro atoms. The third-order valence-electron chi connectivity index (χ3n) is 3.14. The Morgan fingerprint density at radius 3 is 2.59 bits per heavy atom. The van der Waals surface area contributed by atoms with E-state index >= 15 is 0 Å². The topological polar surface area (TPSA) is 66.4 Å². The van der Waals surface area contributed by atoms with E-state index in [9.17, 15) is 14.7 Å².